The topological polar surface area (TPSA) is 72.8 Å². The number of rotatable bonds is 67. The fraction of sp³-hybridized carbons (Fsp3) is 0.917. The molecule has 0 aliphatic rings. The van der Waals surface area contributed by atoms with Crippen LogP contribution in [0, 0.1) is 0 Å². The third kappa shape index (κ3) is 66.8. The summed E-state index contributed by atoms with van der Waals surface area (Å²) in [6.07, 6.45) is 89.5. The predicted molar refractivity (Wildman–Crippen MR) is 339 cm³/mol. The number of hydrogen-bond acceptors (Lipinski definition) is 5. The van der Waals surface area contributed by atoms with Crippen LogP contribution >= 0.6 is 0 Å². The Morgan fingerprint density at radius 3 is 0.766 bits per heavy atom. The lowest BCUT2D eigenvalue weighted by Crippen LogP contribution is -2.28. The van der Waals surface area contributed by atoms with Crippen molar-refractivity contribution in [2.45, 2.75) is 412 Å². The average Bonchev–Trinajstić information content (AvgIpc) is 3.43. The maximum atomic E-state index is 12.3. The van der Waals surface area contributed by atoms with E-state index in [2.05, 4.69) is 38.2 Å². The summed E-state index contributed by atoms with van der Waals surface area (Å²) in [4.78, 5) is 24.6. The quantitative estimate of drug-likeness (QED) is 0.0373. The highest BCUT2D eigenvalue weighted by molar-refractivity contribution is 5.70. The molecular weight excluding hydrogens is 945 g/mol. The van der Waals surface area contributed by atoms with E-state index in [4.69, 9.17) is 9.47 Å². The molecular formula is C72H138O5. The first kappa shape index (κ1) is 75.4. The molecule has 5 nitrogen and oxygen atoms in total. The highest BCUT2D eigenvalue weighted by Crippen LogP contribution is 2.19. The Bertz CT molecular complexity index is 1180. The molecule has 77 heavy (non-hydrogen) atoms. The van der Waals surface area contributed by atoms with E-state index in [1.165, 1.54) is 340 Å². The van der Waals surface area contributed by atoms with Crippen LogP contribution in [0.1, 0.15) is 406 Å². The first-order valence-corrected chi connectivity index (χ1v) is 35.4. The van der Waals surface area contributed by atoms with Gasteiger partial charge in [-0.1, -0.05) is 372 Å². The summed E-state index contributed by atoms with van der Waals surface area (Å²) in [5, 5.41) is 9.69. The second-order valence-corrected chi connectivity index (χ2v) is 24.3. The van der Waals surface area contributed by atoms with E-state index in [9.17, 15) is 14.7 Å². The number of aliphatic hydroxyl groups is 1. The Kier molecular flexibility index (Phi) is 67.2. The van der Waals surface area contributed by atoms with Gasteiger partial charge >= 0.3 is 11.9 Å². The fourth-order valence-electron chi connectivity index (χ4n) is 11.2. The normalized spacial score (nSPS) is 12.2. The number of allylic oxidation sites excluding steroid dienone is 4. The smallest absolute Gasteiger partial charge is 0.306 e. The number of unbranched alkanes of at least 4 members (excludes halogenated alkanes) is 55. The summed E-state index contributed by atoms with van der Waals surface area (Å²) >= 11 is 0. The summed E-state index contributed by atoms with van der Waals surface area (Å²) in [5.41, 5.74) is 0. The largest absolute Gasteiger partial charge is 0.462 e. The van der Waals surface area contributed by atoms with Crippen molar-refractivity contribution in [1.82, 2.24) is 0 Å². The van der Waals surface area contributed by atoms with Gasteiger partial charge in [0.05, 0.1) is 6.61 Å². The molecule has 1 N–H and O–H groups in total. The lowest BCUT2D eigenvalue weighted by atomic mass is 10.0. The predicted octanol–water partition coefficient (Wildman–Crippen LogP) is 24.4. The second-order valence-electron chi connectivity index (χ2n) is 24.3. The molecule has 1 atom stereocenters. The van der Waals surface area contributed by atoms with Gasteiger partial charge in [0.15, 0.2) is 6.10 Å². The molecule has 5 heteroatoms. The van der Waals surface area contributed by atoms with Crippen LogP contribution in [-0.4, -0.2) is 36.4 Å². The fourth-order valence-corrected chi connectivity index (χ4v) is 11.2. The van der Waals surface area contributed by atoms with Crippen LogP contribution < -0.4 is 0 Å². The molecule has 0 saturated carbocycles. The summed E-state index contributed by atoms with van der Waals surface area (Å²) in [7, 11) is 0. The first-order chi connectivity index (χ1) is 38.1. The highest BCUT2D eigenvalue weighted by Gasteiger charge is 2.16. The summed E-state index contributed by atoms with van der Waals surface area (Å²) in [6, 6.07) is 0. The Labute approximate surface area is 483 Å². The molecule has 0 aliphatic carbocycles. The summed E-state index contributed by atoms with van der Waals surface area (Å²) in [6.45, 7) is 4.19. The maximum Gasteiger partial charge on any atom is 0.306 e. The molecule has 0 radical (unpaired) electrons. The standard InChI is InChI=1S/C72H138O5/c1-3-5-7-9-11-13-15-17-19-21-23-25-27-28-29-30-31-32-33-34-35-36-37-38-39-40-41-42-43-45-46-48-50-52-54-56-58-60-62-64-66-71(74)76-69-70(68-73)77-72(75)67-65-63-61-59-57-55-53-51-49-47-44-26-24-22-20-18-16-14-12-10-8-6-4-2/h16,18,22,24,70,73H,3-15,17,19-21,23,25-69H2,1-2H3/b18-16-,24-22-. The van der Waals surface area contributed by atoms with Crippen molar-refractivity contribution in [2.75, 3.05) is 13.2 Å². The van der Waals surface area contributed by atoms with Crippen LogP contribution in [0.25, 0.3) is 0 Å². The second kappa shape index (κ2) is 68.7. The van der Waals surface area contributed by atoms with Crippen LogP contribution in [0.4, 0.5) is 0 Å². The lowest BCUT2D eigenvalue weighted by Gasteiger charge is -2.15. The molecule has 0 aromatic heterocycles. The van der Waals surface area contributed by atoms with Crippen molar-refractivity contribution < 1.29 is 24.2 Å². The number of esters is 2. The van der Waals surface area contributed by atoms with Crippen LogP contribution in [-0.2, 0) is 19.1 Å². The van der Waals surface area contributed by atoms with Crippen molar-refractivity contribution in [3.63, 3.8) is 0 Å². The van der Waals surface area contributed by atoms with E-state index >= 15 is 0 Å². The Balaban J connectivity index is 3.35. The van der Waals surface area contributed by atoms with E-state index in [-0.39, 0.29) is 25.2 Å². The molecule has 0 aromatic rings. The SMILES string of the molecule is CCCCCCC/C=C\C/C=C\CCCCCCCCCCCCCC(=O)OC(CO)COC(=O)CCCCCCCCCCCCCCCCCCCCCCCCCCCCCCCCCCCCCCCCCC. The van der Waals surface area contributed by atoms with Crippen molar-refractivity contribution in [3.8, 4) is 0 Å². The van der Waals surface area contributed by atoms with Gasteiger partial charge in [-0.25, -0.2) is 0 Å². The summed E-state index contributed by atoms with van der Waals surface area (Å²) in [5.74, 6) is -0.570. The molecule has 0 aliphatic heterocycles. The third-order valence-electron chi connectivity index (χ3n) is 16.5. The highest BCUT2D eigenvalue weighted by atomic mass is 16.6. The number of carbonyl (C=O) groups is 2. The minimum absolute atomic E-state index is 0.0604. The number of aliphatic hydroxyl groups excluding tert-OH is 1. The van der Waals surface area contributed by atoms with Crippen LogP contribution in [0.5, 0.6) is 0 Å². The van der Waals surface area contributed by atoms with Gasteiger partial charge in [0.1, 0.15) is 6.61 Å². The van der Waals surface area contributed by atoms with Crippen LogP contribution in [0.15, 0.2) is 24.3 Å². The van der Waals surface area contributed by atoms with Crippen molar-refractivity contribution in [1.29, 1.82) is 0 Å². The van der Waals surface area contributed by atoms with E-state index in [0.29, 0.717) is 12.8 Å². The van der Waals surface area contributed by atoms with Gasteiger partial charge in [0, 0.05) is 12.8 Å². The zero-order chi connectivity index (χ0) is 55.5. The minimum Gasteiger partial charge on any atom is -0.462 e. The number of ether oxygens (including phenoxy) is 2. The van der Waals surface area contributed by atoms with Gasteiger partial charge in [-0.15, -0.1) is 0 Å². The molecule has 0 amide bonds. The van der Waals surface area contributed by atoms with Gasteiger partial charge in [0.25, 0.3) is 0 Å². The molecule has 0 bridgehead atoms. The first-order valence-electron chi connectivity index (χ1n) is 35.4. The molecule has 0 aromatic carbocycles. The Morgan fingerprint density at radius 1 is 0.299 bits per heavy atom. The zero-order valence-corrected chi connectivity index (χ0v) is 52.5. The molecule has 1 unspecified atom stereocenters. The van der Waals surface area contributed by atoms with Gasteiger partial charge < -0.3 is 14.6 Å². The van der Waals surface area contributed by atoms with E-state index in [1.807, 2.05) is 0 Å². The van der Waals surface area contributed by atoms with Gasteiger partial charge in [-0.05, 0) is 44.9 Å². The van der Waals surface area contributed by atoms with Crippen molar-refractivity contribution in [2.24, 2.45) is 0 Å². The molecule has 0 fully saturated rings. The maximum absolute atomic E-state index is 12.3. The average molecular weight is 1080 g/mol. The van der Waals surface area contributed by atoms with E-state index in [1.54, 1.807) is 0 Å². The zero-order valence-electron chi connectivity index (χ0n) is 52.5. The lowest BCUT2D eigenvalue weighted by molar-refractivity contribution is -0.161. The van der Waals surface area contributed by atoms with Gasteiger partial charge in [-0.2, -0.15) is 0 Å². The number of carbonyl (C=O) groups excluding carboxylic acids is 2. The molecule has 0 heterocycles. The van der Waals surface area contributed by atoms with E-state index < -0.39 is 6.10 Å². The molecule has 456 valence electrons. The van der Waals surface area contributed by atoms with Crippen LogP contribution in [0.2, 0.25) is 0 Å². The monoisotopic (exact) mass is 1080 g/mol. The van der Waals surface area contributed by atoms with Crippen LogP contribution in [0.3, 0.4) is 0 Å². The Hall–Kier alpha value is -1.62. The molecule has 0 rings (SSSR count). The van der Waals surface area contributed by atoms with Gasteiger partial charge in [0.2, 0.25) is 0 Å². The van der Waals surface area contributed by atoms with E-state index in [0.717, 1.165) is 38.5 Å². The molecule has 0 saturated heterocycles. The summed E-state index contributed by atoms with van der Waals surface area (Å²) < 4.78 is 10.8. The minimum atomic E-state index is -0.771. The number of hydrogen-bond donors (Lipinski definition) is 1. The van der Waals surface area contributed by atoms with Gasteiger partial charge in [-0.3, -0.25) is 9.59 Å². The van der Waals surface area contributed by atoms with Crippen molar-refractivity contribution in [3.05, 3.63) is 24.3 Å². The van der Waals surface area contributed by atoms with Crippen molar-refractivity contribution >= 4 is 11.9 Å². The Morgan fingerprint density at radius 2 is 0.519 bits per heavy atom. The third-order valence-corrected chi connectivity index (χ3v) is 16.5. The molecule has 0 spiro atoms.